The number of ether oxygens (including phenoxy) is 1. The molecular formula is C26H27N3O5. The molecule has 176 valence electrons. The second-order valence-electron chi connectivity index (χ2n) is 8.18. The maximum atomic E-state index is 12.5. The van der Waals surface area contributed by atoms with Crippen molar-refractivity contribution in [1.82, 2.24) is 0 Å². The molecule has 4 rings (SSSR count). The largest absolute Gasteiger partial charge is 0.459 e. The maximum absolute atomic E-state index is 12.5. The van der Waals surface area contributed by atoms with E-state index in [4.69, 9.17) is 9.15 Å². The van der Waals surface area contributed by atoms with E-state index >= 15 is 0 Å². The van der Waals surface area contributed by atoms with E-state index in [2.05, 4.69) is 15.5 Å². The molecule has 0 atom stereocenters. The molecular weight excluding hydrogens is 434 g/mol. The summed E-state index contributed by atoms with van der Waals surface area (Å²) in [5, 5.41) is 5.45. The minimum Gasteiger partial charge on any atom is -0.459 e. The second kappa shape index (κ2) is 10.7. The lowest BCUT2D eigenvalue weighted by Gasteiger charge is -2.28. The first-order valence-corrected chi connectivity index (χ1v) is 11.3. The minimum absolute atomic E-state index is 0.160. The van der Waals surface area contributed by atoms with Crippen molar-refractivity contribution in [3.05, 3.63) is 77.7 Å². The smallest absolute Gasteiger partial charge is 0.338 e. The molecule has 0 unspecified atom stereocenters. The molecule has 2 heterocycles. The zero-order valence-electron chi connectivity index (χ0n) is 19.0. The third-order valence-electron chi connectivity index (χ3n) is 5.67. The fourth-order valence-electron chi connectivity index (χ4n) is 3.79. The normalized spacial score (nSPS) is 13.3. The SMILES string of the molecule is Cc1ccc(C(=O)OCC(=O)Nc2ccc(N3CCCCC3)cc2)cc1NC(=O)c1ccco1. The maximum Gasteiger partial charge on any atom is 0.338 e. The van der Waals surface area contributed by atoms with Crippen LogP contribution in [0, 0.1) is 6.92 Å². The first-order chi connectivity index (χ1) is 16.5. The van der Waals surface area contributed by atoms with Gasteiger partial charge in [0.25, 0.3) is 11.8 Å². The van der Waals surface area contributed by atoms with Crippen LogP contribution in [0.2, 0.25) is 0 Å². The van der Waals surface area contributed by atoms with E-state index in [-0.39, 0.29) is 11.3 Å². The Hall–Kier alpha value is -4.07. The minimum atomic E-state index is -0.663. The van der Waals surface area contributed by atoms with Gasteiger partial charge in [-0.15, -0.1) is 0 Å². The van der Waals surface area contributed by atoms with Crippen LogP contribution in [0.25, 0.3) is 0 Å². The summed E-state index contributed by atoms with van der Waals surface area (Å²) >= 11 is 0. The van der Waals surface area contributed by atoms with E-state index in [0.29, 0.717) is 11.4 Å². The molecule has 34 heavy (non-hydrogen) atoms. The van der Waals surface area contributed by atoms with E-state index in [1.807, 2.05) is 24.3 Å². The number of rotatable bonds is 7. The highest BCUT2D eigenvalue weighted by atomic mass is 16.5. The summed E-state index contributed by atoms with van der Waals surface area (Å²) in [5.41, 5.74) is 3.22. The standard InChI is InChI=1S/C26H27N3O5/c1-18-7-8-19(16-22(18)28-25(31)23-6-5-15-33-23)26(32)34-17-24(30)27-20-9-11-21(12-10-20)29-13-3-2-4-14-29/h5-12,15-16H,2-4,13-14,17H2,1H3,(H,27,30)(H,28,31). The Bertz CT molecular complexity index is 1150. The number of hydrogen-bond acceptors (Lipinski definition) is 6. The molecule has 2 amide bonds. The van der Waals surface area contributed by atoms with E-state index < -0.39 is 24.4 Å². The highest BCUT2D eigenvalue weighted by Gasteiger charge is 2.15. The Balaban J connectivity index is 1.30. The van der Waals surface area contributed by atoms with Crippen molar-refractivity contribution in [1.29, 1.82) is 0 Å². The number of benzene rings is 2. The van der Waals surface area contributed by atoms with E-state index in [9.17, 15) is 14.4 Å². The van der Waals surface area contributed by atoms with Crippen LogP contribution < -0.4 is 15.5 Å². The predicted molar refractivity (Wildman–Crippen MR) is 129 cm³/mol. The molecule has 0 spiro atoms. The predicted octanol–water partition coefficient (Wildman–Crippen LogP) is 4.63. The number of nitrogens with one attached hydrogen (secondary N) is 2. The van der Waals surface area contributed by atoms with Crippen LogP contribution >= 0.6 is 0 Å². The number of piperidine rings is 1. The Morgan fingerprint density at radius 3 is 2.44 bits per heavy atom. The highest BCUT2D eigenvalue weighted by molar-refractivity contribution is 6.03. The number of furan rings is 1. The molecule has 0 saturated carbocycles. The number of carbonyl (C=O) groups is 3. The zero-order chi connectivity index (χ0) is 23.9. The molecule has 1 saturated heterocycles. The average Bonchev–Trinajstić information content (AvgIpc) is 3.40. The molecule has 8 heteroatoms. The first-order valence-electron chi connectivity index (χ1n) is 11.3. The quantitative estimate of drug-likeness (QED) is 0.498. The fraction of sp³-hybridized carbons (Fsp3) is 0.269. The Morgan fingerprint density at radius 1 is 0.971 bits per heavy atom. The van der Waals surface area contributed by atoms with Gasteiger partial charge in [-0.25, -0.2) is 4.79 Å². The van der Waals surface area contributed by atoms with Gasteiger partial charge in [0.05, 0.1) is 11.8 Å². The van der Waals surface area contributed by atoms with Gasteiger partial charge in [0, 0.05) is 30.2 Å². The lowest BCUT2D eigenvalue weighted by molar-refractivity contribution is -0.119. The molecule has 2 N–H and O–H groups in total. The van der Waals surface area contributed by atoms with Gasteiger partial charge in [-0.05, 0) is 80.3 Å². The molecule has 3 aromatic rings. The van der Waals surface area contributed by atoms with Gasteiger partial charge < -0.3 is 24.7 Å². The van der Waals surface area contributed by atoms with Crippen LogP contribution in [0.5, 0.6) is 0 Å². The van der Waals surface area contributed by atoms with Gasteiger partial charge in [0.2, 0.25) is 0 Å². The van der Waals surface area contributed by atoms with Crippen molar-refractivity contribution in [2.75, 3.05) is 35.2 Å². The highest BCUT2D eigenvalue weighted by Crippen LogP contribution is 2.22. The van der Waals surface area contributed by atoms with E-state index in [0.717, 1.165) is 24.3 Å². The lowest BCUT2D eigenvalue weighted by atomic mass is 10.1. The molecule has 0 bridgehead atoms. The zero-order valence-corrected chi connectivity index (χ0v) is 19.0. The molecule has 0 aliphatic carbocycles. The van der Waals surface area contributed by atoms with Crippen LogP contribution in [-0.4, -0.2) is 37.5 Å². The molecule has 1 fully saturated rings. The summed E-state index contributed by atoms with van der Waals surface area (Å²) in [5.74, 6) is -1.36. The van der Waals surface area contributed by atoms with Gasteiger partial charge in [0.15, 0.2) is 12.4 Å². The summed E-state index contributed by atoms with van der Waals surface area (Å²) in [7, 11) is 0. The van der Waals surface area contributed by atoms with Crippen LogP contribution in [0.3, 0.4) is 0 Å². The average molecular weight is 462 g/mol. The van der Waals surface area contributed by atoms with Crippen molar-refractivity contribution in [3.63, 3.8) is 0 Å². The Labute approximate surface area is 197 Å². The lowest BCUT2D eigenvalue weighted by Crippen LogP contribution is -2.29. The van der Waals surface area contributed by atoms with Gasteiger partial charge in [0.1, 0.15) is 0 Å². The van der Waals surface area contributed by atoms with Crippen LogP contribution in [0.1, 0.15) is 45.7 Å². The molecule has 0 radical (unpaired) electrons. The second-order valence-corrected chi connectivity index (χ2v) is 8.18. The van der Waals surface area contributed by atoms with E-state index in [1.165, 1.54) is 31.6 Å². The van der Waals surface area contributed by atoms with Crippen LogP contribution in [0.4, 0.5) is 17.1 Å². The summed E-state index contributed by atoms with van der Waals surface area (Å²) in [6.07, 6.45) is 5.07. The summed E-state index contributed by atoms with van der Waals surface area (Å²) in [6.45, 7) is 3.48. The summed E-state index contributed by atoms with van der Waals surface area (Å²) in [6, 6.07) is 15.6. The number of aryl methyl sites for hydroxylation is 1. The summed E-state index contributed by atoms with van der Waals surface area (Å²) in [4.78, 5) is 39.3. The molecule has 1 aromatic heterocycles. The van der Waals surface area contributed by atoms with Crippen LogP contribution in [0.15, 0.2) is 65.3 Å². The van der Waals surface area contributed by atoms with Gasteiger partial charge in [-0.3, -0.25) is 9.59 Å². The molecule has 1 aliphatic heterocycles. The third kappa shape index (κ3) is 5.83. The molecule has 2 aromatic carbocycles. The Kier molecular flexibility index (Phi) is 7.27. The fourth-order valence-corrected chi connectivity index (χ4v) is 3.79. The first kappa shape index (κ1) is 23.1. The van der Waals surface area contributed by atoms with Crippen molar-refractivity contribution < 1.29 is 23.5 Å². The topological polar surface area (TPSA) is 101 Å². The van der Waals surface area contributed by atoms with E-state index in [1.54, 1.807) is 31.2 Å². The van der Waals surface area contributed by atoms with Crippen LogP contribution in [-0.2, 0) is 9.53 Å². The van der Waals surface area contributed by atoms with Crippen molar-refractivity contribution in [2.45, 2.75) is 26.2 Å². The van der Waals surface area contributed by atoms with Gasteiger partial charge in [-0.2, -0.15) is 0 Å². The van der Waals surface area contributed by atoms with Crippen molar-refractivity contribution >= 4 is 34.8 Å². The third-order valence-corrected chi connectivity index (χ3v) is 5.67. The number of esters is 1. The summed E-state index contributed by atoms with van der Waals surface area (Å²) < 4.78 is 10.2. The van der Waals surface area contributed by atoms with Gasteiger partial charge in [-0.1, -0.05) is 6.07 Å². The monoisotopic (exact) mass is 461 g/mol. The van der Waals surface area contributed by atoms with Gasteiger partial charge >= 0.3 is 5.97 Å². The van der Waals surface area contributed by atoms with Crippen molar-refractivity contribution in [3.8, 4) is 0 Å². The number of amides is 2. The number of nitrogens with zero attached hydrogens (tertiary/aromatic N) is 1. The Morgan fingerprint density at radius 2 is 1.74 bits per heavy atom. The number of carbonyl (C=O) groups excluding carboxylic acids is 3. The number of hydrogen-bond donors (Lipinski definition) is 2. The molecule has 1 aliphatic rings. The molecule has 8 nitrogen and oxygen atoms in total. The number of anilines is 3. The van der Waals surface area contributed by atoms with Crippen molar-refractivity contribution in [2.24, 2.45) is 0 Å².